The fourth-order valence-electron chi connectivity index (χ4n) is 1.86. The van der Waals surface area contributed by atoms with Crippen LogP contribution in [0.2, 0.25) is 0 Å². The van der Waals surface area contributed by atoms with E-state index in [4.69, 9.17) is 9.47 Å². The van der Waals surface area contributed by atoms with Crippen LogP contribution in [0.3, 0.4) is 0 Å². The van der Waals surface area contributed by atoms with Gasteiger partial charge in [0.15, 0.2) is 5.75 Å². The molecule has 1 N–H and O–H groups in total. The van der Waals surface area contributed by atoms with Gasteiger partial charge < -0.3 is 9.47 Å². The van der Waals surface area contributed by atoms with Crippen molar-refractivity contribution in [2.75, 3.05) is 13.7 Å². The molecule has 0 aromatic heterocycles. The standard InChI is InChI=1S/C14H20N2O5/c1-9(2)15-11(14(17)20-4)8-21-13-10(3)6-5-7-12(13)16(18)19/h5-7,9,11,15H,8H2,1-4H3. The van der Waals surface area contributed by atoms with Gasteiger partial charge in [0.2, 0.25) is 0 Å². The van der Waals surface area contributed by atoms with E-state index in [0.29, 0.717) is 5.56 Å². The molecule has 0 saturated heterocycles. The zero-order valence-corrected chi connectivity index (χ0v) is 12.6. The number of methoxy groups -OCH3 is 1. The van der Waals surface area contributed by atoms with E-state index in [9.17, 15) is 14.9 Å². The van der Waals surface area contributed by atoms with Gasteiger partial charge in [-0.25, -0.2) is 0 Å². The molecule has 1 unspecified atom stereocenters. The molecule has 1 aromatic rings. The smallest absolute Gasteiger partial charge is 0.326 e. The fraction of sp³-hybridized carbons (Fsp3) is 0.500. The van der Waals surface area contributed by atoms with Gasteiger partial charge >= 0.3 is 11.7 Å². The molecule has 116 valence electrons. The van der Waals surface area contributed by atoms with Gasteiger partial charge in [-0.15, -0.1) is 0 Å². The maximum Gasteiger partial charge on any atom is 0.326 e. The number of rotatable bonds is 7. The Morgan fingerprint density at radius 2 is 2.10 bits per heavy atom. The maximum absolute atomic E-state index is 11.7. The minimum absolute atomic E-state index is 0.0451. The van der Waals surface area contributed by atoms with Crippen LogP contribution >= 0.6 is 0 Å². The van der Waals surface area contributed by atoms with Crippen LogP contribution in [0.15, 0.2) is 18.2 Å². The first-order chi connectivity index (χ1) is 9.86. The highest BCUT2D eigenvalue weighted by molar-refractivity contribution is 5.75. The first kappa shape index (κ1) is 16.9. The summed E-state index contributed by atoms with van der Waals surface area (Å²) in [5, 5.41) is 14.0. The Morgan fingerprint density at radius 3 is 2.62 bits per heavy atom. The molecule has 0 radical (unpaired) electrons. The summed E-state index contributed by atoms with van der Waals surface area (Å²) in [7, 11) is 1.29. The van der Waals surface area contributed by atoms with Crippen LogP contribution < -0.4 is 10.1 Å². The molecule has 0 aliphatic heterocycles. The van der Waals surface area contributed by atoms with E-state index >= 15 is 0 Å². The molecular formula is C14H20N2O5. The minimum atomic E-state index is -0.686. The van der Waals surface area contributed by atoms with E-state index in [2.05, 4.69) is 5.32 Å². The molecule has 0 heterocycles. The van der Waals surface area contributed by atoms with Crippen LogP contribution in [-0.2, 0) is 9.53 Å². The van der Waals surface area contributed by atoms with Crippen LogP contribution in [0, 0.1) is 17.0 Å². The average molecular weight is 296 g/mol. The summed E-state index contributed by atoms with van der Waals surface area (Å²) in [6.45, 7) is 5.43. The van der Waals surface area contributed by atoms with Crippen molar-refractivity contribution in [3.8, 4) is 5.75 Å². The van der Waals surface area contributed by atoms with Crippen molar-refractivity contribution in [3.05, 3.63) is 33.9 Å². The Hall–Kier alpha value is -2.15. The van der Waals surface area contributed by atoms with E-state index in [-0.39, 0.29) is 24.1 Å². The summed E-state index contributed by atoms with van der Waals surface area (Å²) in [6, 6.07) is 4.03. The molecule has 0 saturated carbocycles. The number of benzene rings is 1. The topological polar surface area (TPSA) is 90.7 Å². The van der Waals surface area contributed by atoms with Crippen molar-refractivity contribution in [3.63, 3.8) is 0 Å². The van der Waals surface area contributed by atoms with E-state index < -0.39 is 16.9 Å². The number of nitro groups is 1. The Morgan fingerprint density at radius 1 is 1.43 bits per heavy atom. The molecule has 1 rings (SSSR count). The zero-order chi connectivity index (χ0) is 16.0. The molecule has 0 spiro atoms. The molecule has 0 fully saturated rings. The molecule has 1 aromatic carbocycles. The first-order valence-corrected chi connectivity index (χ1v) is 6.57. The summed E-state index contributed by atoms with van der Waals surface area (Å²) in [4.78, 5) is 22.2. The second-order valence-corrected chi connectivity index (χ2v) is 4.89. The SMILES string of the molecule is COC(=O)C(COc1c(C)cccc1[N+](=O)[O-])NC(C)C. The van der Waals surface area contributed by atoms with Crippen LogP contribution in [-0.4, -0.2) is 36.7 Å². The van der Waals surface area contributed by atoms with Gasteiger partial charge in [0.05, 0.1) is 12.0 Å². The number of hydrogen-bond acceptors (Lipinski definition) is 6. The number of nitrogens with zero attached hydrogens (tertiary/aromatic N) is 1. The minimum Gasteiger partial charge on any atom is -0.484 e. The van der Waals surface area contributed by atoms with Crippen molar-refractivity contribution in [1.29, 1.82) is 0 Å². The Bertz CT molecular complexity index is 516. The van der Waals surface area contributed by atoms with Crippen LogP contribution in [0.5, 0.6) is 5.75 Å². The number of para-hydroxylation sites is 1. The number of carbonyl (C=O) groups excluding carboxylic acids is 1. The van der Waals surface area contributed by atoms with Crippen molar-refractivity contribution in [2.24, 2.45) is 0 Å². The lowest BCUT2D eigenvalue weighted by Gasteiger charge is -2.19. The van der Waals surface area contributed by atoms with E-state index in [1.807, 2.05) is 13.8 Å². The molecule has 7 heteroatoms. The summed E-state index contributed by atoms with van der Waals surface area (Å²) in [5.41, 5.74) is 0.514. The monoisotopic (exact) mass is 296 g/mol. The second-order valence-electron chi connectivity index (χ2n) is 4.89. The second kappa shape index (κ2) is 7.58. The van der Waals surface area contributed by atoms with Crippen LogP contribution in [0.25, 0.3) is 0 Å². The van der Waals surface area contributed by atoms with Crippen molar-refractivity contribution in [1.82, 2.24) is 5.32 Å². The quantitative estimate of drug-likeness (QED) is 0.469. The molecule has 0 aliphatic carbocycles. The van der Waals surface area contributed by atoms with E-state index in [0.717, 1.165) is 0 Å². The summed E-state index contributed by atoms with van der Waals surface area (Å²) in [5.74, 6) is -0.304. The predicted molar refractivity (Wildman–Crippen MR) is 77.4 cm³/mol. The molecule has 0 bridgehead atoms. The molecule has 21 heavy (non-hydrogen) atoms. The fourth-order valence-corrected chi connectivity index (χ4v) is 1.86. The first-order valence-electron chi connectivity index (χ1n) is 6.57. The lowest BCUT2D eigenvalue weighted by atomic mass is 10.2. The normalized spacial score (nSPS) is 12.0. The highest BCUT2D eigenvalue weighted by Gasteiger charge is 2.23. The highest BCUT2D eigenvalue weighted by atomic mass is 16.6. The third-order valence-corrected chi connectivity index (χ3v) is 2.80. The Labute approximate surface area is 123 Å². The molecule has 1 atom stereocenters. The van der Waals surface area contributed by atoms with Gasteiger partial charge in [0, 0.05) is 12.1 Å². The van der Waals surface area contributed by atoms with Gasteiger partial charge in [0.25, 0.3) is 0 Å². The molecular weight excluding hydrogens is 276 g/mol. The molecule has 0 aliphatic rings. The number of hydrogen-bond donors (Lipinski definition) is 1. The maximum atomic E-state index is 11.7. The highest BCUT2D eigenvalue weighted by Crippen LogP contribution is 2.30. The van der Waals surface area contributed by atoms with Gasteiger partial charge in [0.1, 0.15) is 12.6 Å². The van der Waals surface area contributed by atoms with Crippen molar-refractivity contribution < 1.29 is 19.2 Å². The Kier molecular flexibility index (Phi) is 6.10. The summed E-state index contributed by atoms with van der Waals surface area (Å²) < 4.78 is 10.2. The number of ether oxygens (including phenoxy) is 2. The van der Waals surface area contributed by atoms with E-state index in [1.54, 1.807) is 19.1 Å². The molecule has 7 nitrogen and oxygen atoms in total. The summed E-state index contributed by atoms with van der Waals surface area (Å²) in [6.07, 6.45) is 0. The average Bonchev–Trinajstić information content (AvgIpc) is 2.42. The van der Waals surface area contributed by atoms with Crippen molar-refractivity contribution in [2.45, 2.75) is 32.9 Å². The van der Waals surface area contributed by atoms with Crippen molar-refractivity contribution >= 4 is 11.7 Å². The number of nitro benzene ring substituents is 1. The van der Waals surface area contributed by atoms with E-state index in [1.165, 1.54) is 13.2 Å². The third kappa shape index (κ3) is 4.71. The number of aryl methyl sites for hydroxylation is 1. The zero-order valence-electron chi connectivity index (χ0n) is 12.6. The summed E-state index contributed by atoms with van der Waals surface area (Å²) >= 11 is 0. The number of carbonyl (C=O) groups is 1. The van der Waals surface area contributed by atoms with Gasteiger partial charge in [-0.1, -0.05) is 26.0 Å². The van der Waals surface area contributed by atoms with Gasteiger partial charge in [-0.05, 0) is 12.5 Å². The molecule has 0 amide bonds. The largest absolute Gasteiger partial charge is 0.484 e. The third-order valence-electron chi connectivity index (χ3n) is 2.80. The lowest BCUT2D eigenvalue weighted by Crippen LogP contribution is -2.45. The van der Waals surface area contributed by atoms with Gasteiger partial charge in [-0.3, -0.25) is 20.2 Å². The Balaban J connectivity index is 2.89. The van der Waals surface area contributed by atoms with Crippen LogP contribution in [0.4, 0.5) is 5.69 Å². The number of esters is 1. The predicted octanol–water partition coefficient (Wildman–Crippen LogP) is 1.82. The lowest BCUT2D eigenvalue weighted by molar-refractivity contribution is -0.385. The van der Waals surface area contributed by atoms with Gasteiger partial charge in [-0.2, -0.15) is 0 Å². The van der Waals surface area contributed by atoms with Crippen LogP contribution in [0.1, 0.15) is 19.4 Å². The number of nitrogens with one attached hydrogen (secondary N) is 1.